The van der Waals surface area contributed by atoms with Crippen molar-refractivity contribution in [1.82, 2.24) is 10.2 Å². The van der Waals surface area contributed by atoms with E-state index in [2.05, 4.69) is 21.2 Å². The summed E-state index contributed by atoms with van der Waals surface area (Å²) in [5.74, 6) is -0.867. The van der Waals surface area contributed by atoms with Gasteiger partial charge in [0.25, 0.3) is 0 Å². The Hall–Kier alpha value is -2.10. The predicted octanol–water partition coefficient (Wildman–Crippen LogP) is 3.34. The standard InChI is InChI=1S/C21H25BrClN3O4S/c1-14-18(23)9-6-10-19(14)26(31(4,29)30)13-20(27)25(15(2)21(28)24-3)12-16-7-5-8-17(22)11-16/h5-11,15H,12-13H2,1-4H3,(H,24,28)/t15-/m1/s1. The van der Waals surface area contributed by atoms with Crippen molar-refractivity contribution in [2.75, 3.05) is 24.2 Å². The third-order valence-electron chi connectivity index (χ3n) is 4.84. The minimum absolute atomic E-state index is 0.138. The molecule has 10 heteroatoms. The Morgan fingerprint density at radius 2 is 1.84 bits per heavy atom. The lowest BCUT2D eigenvalue weighted by Gasteiger charge is -2.31. The number of rotatable bonds is 8. The maximum atomic E-state index is 13.3. The fourth-order valence-electron chi connectivity index (χ4n) is 3.08. The van der Waals surface area contributed by atoms with Crippen LogP contribution in [0.15, 0.2) is 46.9 Å². The van der Waals surface area contributed by atoms with E-state index in [1.54, 1.807) is 32.0 Å². The Labute approximate surface area is 196 Å². The molecule has 1 N–H and O–H groups in total. The molecule has 0 bridgehead atoms. The predicted molar refractivity (Wildman–Crippen MR) is 127 cm³/mol. The van der Waals surface area contributed by atoms with Gasteiger partial charge in [-0.1, -0.05) is 45.7 Å². The number of likely N-dealkylation sites (N-methyl/N-ethyl adjacent to an activating group) is 1. The van der Waals surface area contributed by atoms with Gasteiger partial charge < -0.3 is 10.2 Å². The van der Waals surface area contributed by atoms with Crippen LogP contribution in [0.1, 0.15) is 18.1 Å². The van der Waals surface area contributed by atoms with E-state index in [-0.39, 0.29) is 12.5 Å². The van der Waals surface area contributed by atoms with Crippen molar-refractivity contribution in [1.29, 1.82) is 0 Å². The van der Waals surface area contributed by atoms with Gasteiger partial charge in [-0.15, -0.1) is 0 Å². The van der Waals surface area contributed by atoms with Crippen molar-refractivity contribution >= 4 is 55.1 Å². The molecule has 0 saturated heterocycles. The van der Waals surface area contributed by atoms with Crippen molar-refractivity contribution in [3.8, 4) is 0 Å². The number of anilines is 1. The number of sulfonamides is 1. The van der Waals surface area contributed by atoms with E-state index in [1.807, 2.05) is 24.3 Å². The molecule has 0 aromatic heterocycles. The lowest BCUT2D eigenvalue weighted by atomic mass is 10.1. The number of amides is 2. The molecule has 0 spiro atoms. The Morgan fingerprint density at radius 1 is 1.19 bits per heavy atom. The monoisotopic (exact) mass is 529 g/mol. The van der Waals surface area contributed by atoms with Crippen LogP contribution >= 0.6 is 27.5 Å². The summed E-state index contributed by atoms with van der Waals surface area (Å²) in [6.45, 7) is 2.96. The Balaban J connectivity index is 2.43. The van der Waals surface area contributed by atoms with Gasteiger partial charge in [-0.25, -0.2) is 8.42 Å². The molecular formula is C21H25BrClN3O4S. The van der Waals surface area contributed by atoms with Gasteiger partial charge in [-0.05, 0) is 49.2 Å². The molecule has 0 unspecified atom stereocenters. The number of hydrogen-bond donors (Lipinski definition) is 1. The second-order valence-corrected chi connectivity index (χ2v) is 10.3. The van der Waals surface area contributed by atoms with Crippen LogP contribution in [0.3, 0.4) is 0 Å². The van der Waals surface area contributed by atoms with E-state index in [9.17, 15) is 18.0 Å². The molecule has 7 nitrogen and oxygen atoms in total. The van der Waals surface area contributed by atoms with Crippen molar-refractivity contribution < 1.29 is 18.0 Å². The molecule has 0 heterocycles. The smallest absolute Gasteiger partial charge is 0.244 e. The lowest BCUT2D eigenvalue weighted by molar-refractivity contribution is -0.139. The quantitative estimate of drug-likeness (QED) is 0.567. The second-order valence-electron chi connectivity index (χ2n) is 7.10. The first-order chi connectivity index (χ1) is 14.5. The molecule has 0 radical (unpaired) electrons. The van der Waals surface area contributed by atoms with Crippen LogP contribution in [-0.2, 0) is 26.2 Å². The highest BCUT2D eigenvalue weighted by molar-refractivity contribution is 9.10. The van der Waals surface area contributed by atoms with E-state index in [0.717, 1.165) is 20.6 Å². The molecular weight excluding hydrogens is 506 g/mol. The van der Waals surface area contributed by atoms with Gasteiger partial charge >= 0.3 is 0 Å². The molecule has 2 rings (SSSR count). The van der Waals surface area contributed by atoms with Crippen molar-refractivity contribution in [3.05, 3.63) is 63.1 Å². The minimum Gasteiger partial charge on any atom is -0.357 e. The summed E-state index contributed by atoms with van der Waals surface area (Å²) < 4.78 is 26.9. The molecule has 0 aliphatic carbocycles. The third kappa shape index (κ3) is 6.44. The summed E-state index contributed by atoms with van der Waals surface area (Å²) >= 11 is 9.56. The minimum atomic E-state index is -3.80. The van der Waals surface area contributed by atoms with E-state index in [1.165, 1.54) is 11.9 Å². The maximum absolute atomic E-state index is 13.3. The van der Waals surface area contributed by atoms with Crippen LogP contribution in [0, 0.1) is 6.92 Å². The summed E-state index contributed by atoms with van der Waals surface area (Å²) in [7, 11) is -2.31. The van der Waals surface area contributed by atoms with E-state index < -0.39 is 28.5 Å². The molecule has 2 aromatic carbocycles. The van der Waals surface area contributed by atoms with Gasteiger partial charge in [0.1, 0.15) is 12.6 Å². The average molecular weight is 531 g/mol. The molecule has 168 valence electrons. The summed E-state index contributed by atoms with van der Waals surface area (Å²) in [5.41, 5.74) is 1.65. The summed E-state index contributed by atoms with van der Waals surface area (Å²) in [6, 6.07) is 11.4. The van der Waals surface area contributed by atoms with Crippen LogP contribution in [0.5, 0.6) is 0 Å². The lowest BCUT2D eigenvalue weighted by Crippen LogP contribution is -2.50. The molecule has 1 atom stereocenters. The van der Waals surface area contributed by atoms with Gasteiger partial charge in [0.05, 0.1) is 11.9 Å². The molecule has 0 fully saturated rings. The zero-order valence-corrected chi connectivity index (χ0v) is 20.9. The summed E-state index contributed by atoms with van der Waals surface area (Å²) in [5, 5.41) is 2.93. The first kappa shape index (κ1) is 25.2. The van der Waals surface area contributed by atoms with Crippen molar-refractivity contribution in [3.63, 3.8) is 0 Å². The zero-order chi connectivity index (χ0) is 23.3. The van der Waals surface area contributed by atoms with Crippen molar-refractivity contribution in [2.45, 2.75) is 26.4 Å². The van der Waals surface area contributed by atoms with E-state index in [0.29, 0.717) is 16.3 Å². The molecule has 0 aliphatic rings. The van der Waals surface area contributed by atoms with Gasteiger partial charge in [0.15, 0.2) is 0 Å². The normalized spacial score (nSPS) is 12.2. The number of halogens is 2. The number of benzene rings is 2. The van der Waals surface area contributed by atoms with Crippen LogP contribution in [-0.4, -0.2) is 51.0 Å². The molecule has 2 amide bonds. The Kier molecular flexibility index (Phi) is 8.50. The Morgan fingerprint density at radius 3 is 2.42 bits per heavy atom. The number of nitrogens with one attached hydrogen (secondary N) is 1. The fourth-order valence-corrected chi connectivity index (χ4v) is 4.60. The zero-order valence-electron chi connectivity index (χ0n) is 17.7. The van der Waals surface area contributed by atoms with Gasteiger partial charge in [0.2, 0.25) is 21.8 Å². The first-order valence-electron chi connectivity index (χ1n) is 9.44. The maximum Gasteiger partial charge on any atom is 0.244 e. The highest BCUT2D eigenvalue weighted by atomic mass is 79.9. The van der Waals surface area contributed by atoms with Crippen LogP contribution in [0.4, 0.5) is 5.69 Å². The number of carbonyl (C=O) groups is 2. The topological polar surface area (TPSA) is 86.8 Å². The largest absolute Gasteiger partial charge is 0.357 e. The first-order valence-corrected chi connectivity index (χ1v) is 12.5. The van der Waals surface area contributed by atoms with E-state index in [4.69, 9.17) is 11.6 Å². The number of carbonyl (C=O) groups excluding carboxylic acids is 2. The highest BCUT2D eigenvalue weighted by Gasteiger charge is 2.30. The average Bonchev–Trinajstić information content (AvgIpc) is 2.70. The van der Waals surface area contributed by atoms with E-state index >= 15 is 0 Å². The number of hydrogen-bond acceptors (Lipinski definition) is 4. The summed E-state index contributed by atoms with van der Waals surface area (Å²) in [6.07, 6.45) is 1.03. The second kappa shape index (κ2) is 10.5. The molecule has 0 saturated carbocycles. The van der Waals surface area contributed by atoms with Gasteiger partial charge in [0, 0.05) is 23.1 Å². The SMILES string of the molecule is CNC(=O)[C@@H](C)N(Cc1cccc(Br)c1)C(=O)CN(c1cccc(Cl)c1C)S(C)(=O)=O. The van der Waals surface area contributed by atoms with Gasteiger partial charge in [-0.3, -0.25) is 13.9 Å². The van der Waals surface area contributed by atoms with Gasteiger partial charge in [-0.2, -0.15) is 0 Å². The summed E-state index contributed by atoms with van der Waals surface area (Å²) in [4.78, 5) is 27.0. The molecule has 0 aliphatic heterocycles. The Bertz CT molecular complexity index is 1080. The third-order valence-corrected chi connectivity index (χ3v) is 6.87. The molecule has 2 aromatic rings. The van der Waals surface area contributed by atoms with Crippen LogP contribution in [0.25, 0.3) is 0 Å². The van der Waals surface area contributed by atoms with Crippen LogP contribution < -0.4 is 9.62 Å². The fraction of sp³-hybridized carbons (Fsp3) is 0.333. The van der Waals surface area contributed by atoms with Crippen LogP contribution in [0.2, 0.25) is 5.02 Å². The van der Waals surface area contributed by atoms with Crippen molar-refractivity contribution in [2.24, 2.45) is 0 Å². The number of nitrogens with zero attached hydrogens (tertiary/aromatic N) is 2. The molecule has 31 heavy (non-hydrogen) atoms. The highest BCUT2D eigenvalue weighted by Crippen LogP contribution is 2.28.